The van der Waals surface area contributed by atoms with Crippen molar-refractivity contribution in [1.29, 1.82) is 0 Å². The Kier molecular flexibility index (Phi) is 4.26. The summed E-state index contributed by atoms with van der Waals surface area (Å²) in [4.78, 5) is 29.0. The van der Waals surface area contributed by atoms with Gasteiger partial charge in [-0.3, -0.25) is 4.79 Å². The van der Waals surface area contributed by atoms with Crippen LogP contribution in [0.2, 0.25) is 0 Å². The zero-order valence-corrected chi connectivity index (χ0v) is 12.5. The number of rotatable bonds is 5. The fourth-order valence-corrected chi connectivity index (χ4v) is 2.73. The number of nitrogens with one attached hydrogen (secondary N) is 1. The largest absolute Gasteiger partial charge is 0.370 e. The maximum absolute atomic E-state index is 12.1. The van der Waals surface area contributed by atoms with Crippen LogP contribution in [0.3, 0.4) is 0 Å². The summed E-state index contributed by atoms with van der Waals surface area (Å²) >= 11 is 0. The molecule has 22 heavy (non-hydrogen) atoms. The van der Waals surface area contributed by atoms with Gasteiger partial charge < -0.3 is 20.5 Å². The van der Waals surface area contributed by atoms with E-state index < -0.39 is 0 Å². The van der Waals surface area contributed by atoms with Gasteiger partial charge in [-0.05, 0) is 31.6 Å². The Morgan fingerprint density at radius 3 is 2.64 bits per heavy atom. The molecule has 3 N–H and O–H groups in total. The molecular weight excluding hydrogens is 286 g/mol. The van der Waals surface area contributed by atoms with E-state index in [1.807, 2.05) is 0 Å². The SMILES string of the molecule is NC(=O)CC1CCN(C(=O)NCc2nc(C3CC3)no2)CC1. The van der Waals surface area contributed by atoms with Crippen LogP contribution in [-0.4, -0.2) is 40.1 Å². The van der Waals surface area contributed by atoms with Crippen molar-refractivity contribution in [2.45, 2.75) is 44.6 Å². The predicted octanol–water partition coefficient (Wildman–Crippen LogP) is 0.744. The molecule has 2 aliphatic rings. The van der Waals surface area contributed by atoms with Crippen molar-refractivity contribution in [2.24, 2.45) is 11.7 Å². The minimum absolute atomic E-state index is 0.135. The number of piperidine rings is 1. The van der Waals surface area contributed by atoms with Gasteiger partial charge in [0.15, 0.2) is 5.82 Å². The molecule has 120 valence electrons. The maximum Gasteiger partial charge on any atom is 0.317 e. The maximum atomic E-state index is 12.1. The van der Waals surface area contributed by atoms with Gasteiger partial charge >= 0.3 is 6.03 Å². The standard InChI is InChI=1S/C14H21N5O3/c15-11(20)7-9-3-5-19(6-4-9)14(21)16-8-12-17-13(18-22-12)10-1-2-10/h9-10H,1-8H2,(H2,15,20)(H,16,21). The molecule has 1 saturated carbocycles. The first-order valence-electron chi connectivity index (χ1n) is 7.75. The molecule has 2 heterocycles. The highest BCUT2D eigenvalue weighted by atomic mass is 16.5. The number of urea groups is 1. The molecule has 1 aliphatic heterocycles. The van der Waals surface area contributed by atoms with E-state index in [4.69, 9.17) is 10.3 Å². The number of aromatic nitrogens is 2. The van der Waals surface area contributed by atoms with Crippen LogP contribution in [0.5, 0.6) is 0 Å². The lowest BCUT2D eigenvalue weighted by Gasteiger charge is -2.31. The van der Waals surface area contributed by atoms with Crippen molar-refractivity contribution in [3.63, 3.8) is 0 Å². The van der Waals surface area contributed by atoms with E-state index in [9.17, 15) is 9.59 Å². The van der Waals surface area contributed by atoms with Crippen LogP contribution in [0.25, 0.3) is 0 Å². The summed E-state index contributed by atoms with van der Waals surface area (Å²) in [7, 11) is 0. The summed E-state index contributed by atoms with van der Waals surface area (Å²) in [6.45, 7) is 1.53. The Morgan fingerprint density at radius 1 is 1.27 bits per heavy atom. The normalized spacial score (nSPS) is 19.2. The minimum atomic E-state index is -0.272. The van der Waals surface area contributed by atoms with E-state index >= 15 is 0 Å². The summed E-state index contributed by atoms with van der Waals surface area (Å²) < 4.78 is 5.12. The Hall–Kier alpha value is -2.12. The van der Waals surface area contributed by atoms with Crippen molar-refractivity contribution < 1.29 is 14.1 Å². The highest BCUT2D eigenvalue weighted by molar-refractivity contribution is 5.75. The molecule has 0 atom stereocenters. The lowest BCUT2D eigenvalue weighted by molar-refractivity contribution is -0.119. The van der Waals surface area contributed by atoms with Crippen LogP contribution in [0.15, 0.2) is 4.52 Å². The number of primary amides is 1. The van der Waals surface area contributed by atoms with E-state index in [0.717, 1.165) is 31.5 Å². The third-order valence-electron chi connectivity index (χ3n) is 4.21. The quantitative estimate of drug-likeness (QED) is 0.832. The number of carbonyl (C=O) groups is 2. The molecule has 8 heteroatoms. The second-order valence-corrected chi connectivity index (χ2v) is 6.08. The molecule has 1 saturated heterocycles. The second-order valence-electron chi connectivity index (χ2n) is 6.08. The monoisotopic (exact) mass is 307 g/mol. The van der Waals surface area contributed by atoms with Gasteiger partial charge in [0.2, 0.25) is 11.8 Å². The van der Waals surface area contributed by atoms with Gasteiger partial charge in [0.25, 0.3) is 0 Å². The smallest absolute Gasteiger partial charge is 0.317 e. The van der Waals surface area contributed by atoms with Gasteiger partial charge in [0.05, 0.1) is 6.54 Å². The van der Waals surface area contributed by atoms with Crippen molar-refractivity contribution in [1.82, 2.24) is 20.4 Å². The molecule has 0 unspecified atom stereocenters. The molecule has 3 rings (SSSR count). The van der Waals surface area contributed by atoms with Gasteiger partial charge in [-0.25, -0.2) is 4.79 Å². The lowest BCUT2D eigenvalue weighted by atomic mass is 9.93. The molecule has 1 aromatic heterocycles. The minimum Gasteiger partial charge on any atom is -0.370 e. The van der Waals surface area contributed by atoms with Crippen LogP contribution in [0.4, 0.5) is 4.79 Å². The zero-order valence-electron chi connectivity index (χ0n) is 12.5. The topological polar surface area (TPSA) is 114 Å². The molecule has 1 aromatic rings. The van der Waals surface area contributed by atoms with Gasteiger partial charge in [-0.2, -0.15) is 4.98 Å². The average Bonchev–Trinajstić information content (AvgIpc) is 3.24. The zero-order chi connectivity index (χ0) is 15.5. The Labute approximate surface area is 128 Å². The Bertz CT molecular complexity index is 546. The van der Waals surface area contributed by atoms with Crippen LogP contribution in [0.1, 0.15) is 49.7 Å². The Morgan fingerprint density at radius 2 is 2.00 bits per heavy atom. The van der Waals surface area contributed by atoms with Gasteiger partial charge in [0, 0.05) is 25.4 Å². The fourth-order valence-electron chi connectivity index (χ4n) is 2.73. The van der Waals surface area contributed by atoms with Crippen LogP contribution in [-0.2, 0) is 11.3 Å². The van der Waals surface area contributed by atoms with E-state index in [2.05, 4.69) is 15.5 Å². The Balaban J connectivity index is 1.41. The fraction of sp³-hybridized carbons (Fsp3) is 0.714. The number of carbonyl (C=O) groups excluding carboxylic acids is 2. The van der Waals surface area contributed by atoms with Crippen LogP contribution in [0, 0.1) is 5.92 Å². The van der Waals surface area contributed by atoms with Gasteiger partial charge in [-0.1, -0.05) is 5.16 Å². The number of amides is 3. The molecule has 8 nitrogen and oxygen atoms in total. The number of hydrogen-bond donors (Lipinski definition) is 2. The van der Waals surface area contributed by atoms with Crippen LogP contribution < -0.4 is 11.1 Å². The second kappa shape index (κ2) is 6.33. The summed E-state index contributed by atoms with van der Waals surface area (Å²) in [5.74, 6) is 1.65. The lowest BCUT2D eigenvalue weighted by Crippen LogP contribution is -2.44. The molecule has 1 aliphatic carbocycles. The number of nitrogens with two attached hydrogens (primary N) is 1. The first-order valence-corrected chi connectivity index (χ1v) is 7.75. The third-order valence-corrected chi connectivity index (χ3v) is 4.21. The molecule has 0 aromatic carbocycles. The molecular formula is C14H21N5O3. The van der Waals surface area contributed by atoms with Gasteiger partial charge in [0.1, 0.15) is 0 Å². The number of hydrogen-bond acceptors (Lipinski definition) is 5. The van der Waals surface area contributed by atoms with Crippen molar-refractivity contribution in [3.8, 4) is 0 Å². The van der Waals surface area contributed by atoms with E-state index in [0.29, 0.717) is 37.2 Å². The predicted molar refractivity (Wildman–Crippen MR) is 76.6 cm³/mol. The molecule has 0 spiro atoms. The highest BCUT2D eigenvalue weighted by Gasteiger charge is 2.29. The van der Waals surface area contributed by atoms with E-state index in [1.54, 1.807) is 4.90 Å². The number of nitrogens with zero attached hydrogens (tertiary/aromatic N) is 3. The first-order chi connectivity index (χ1) is 10.6. The molecule has 0 radical (unpaired) electrons. The summed E-state index contributed by atoms with van der Waals surface area (Å²) in [6, 6.07) is -0.135. The number of likely N-dealkylation sites (tertiary alicyclic amines) is 1. The average molecular weight is 307 g/mol. The van der Waals surface area contributed by atoms with E-state index in [1.165, 1.54) is 0 Å². The molecule has 2 fully saturated rings. The van der Waals surface area contributed by atoms with Crippen LogP contribution >= 0.6 is 0 Å². The molecule has 0 bridgehead atoms. The molecule has 3 amide bonds. The van der Waals surface area contributed by atoms with Crippen molar-refractivity contribution in [2.75, 3.05) is 13.1 Å². The summed E-state index contributed by atoms with van der Waals surface area (Å²) in [5.41, 5.74) is 5.20. The van der Waals surface area contributed by atoms with Gasteiger partial charge in [-0.15, -0.1) is 0 Å². The van der Waals surface area contributed by atoms with Crippen molar-refractivity contribution in [3.05, 3.63) is 11.7 Å². The highest BCUT2D eigenvalue weighted by Crippen LogP contribution is 2.38. The van der Waals surface area contributed by atoms with E-state index in [-0.39, 0.29) is 18.5 Å². The summed E-state index contributed by atoms with van der Waals surface area (Å²) in [5, 5.41) is 6.71. The van der Waals surface area contributed by atoms with Crippen molar-refractivity contribution >= 4 is 11.9 Å². The first kappa shape index (κ1) is 14.8. The summed E-state index contributed by atoms with van der Waals surface area (Å²) in [6.07, 6.45) is 4.25. The third kappa shape index (κ3) is 3.75.